The lowest BCUT2D eigenvalue weighted by Gasteiger charge is -2.14. The number of carbonyl (C=O) groups is 3. The Labute approximate surface area is 148 Å². The number of fused-ring (bicyclic) bond motifs is 1. The van der Waals surface area contributed by atoms with Crippen LogP contribution in [0.4, 0.5) is 5.82 Å². The molecule has 0 aliphatic carbocycles. The van der Waals surface area contributed by atoms with Crippen molar-refractivity contribution in [3.8, 4) is 5.69 Å². The van der Waals surface area contributed by atoms with Gasteiger partial charge in [0, 0.05) is 16.6 Å². The number of hydrogen-bond donors (Lipinski definition) is 3. The summed E-state index contributed by atoms with van der Waals surface area (Å²) in [5, 5.41) is 10.9. The summed E-state index contributed by atoms with van der Waals surface area (Å²) in [7, 11) is 0. The molecule has 0 bridgehead atoms. The summed E-state index contributed by atoms with van der Waals surface area (Å²) in [6.07, 6.45) is 2.21. The van der Waals surface area contributed by atoms with E-state index >= 15 is 0 Å². The molecule has 0 saturated carbocycles. The number of rotatable bonds is 3. The van der Waals surface area contributed by atoms with E-state index in [-0.39, 0.29) is 22.6 Å². The van der Waals surface area contributed by atoms with E-state index in [9.17, 15) is 19.2 Å². The molecule has 2 heterocycles. The lowest BCUT2D eigenvalue weighted by atomic mass is 10.1. The molecule has 0 spiro atoms. The Hall–Kier alpha value is -3.20. The van der Waals surface area contributed by atoms with Crippen molar-refractivity contribution in [1.82, 2.24) is 9.88 Å². The number of nitrogens with zero attached hydrogens (tertiary/aromatic N) is 1. The fraction of sp³-hybridized carbons (Fsp3) is 0. The molecule has 2 amide bonds. The van der Waals surface area contributed by atoms with Crippen molar-refractivity contribution < 1.29 is 19.5 Å². The molecular formula is C16H10BrN3O5. The summed E-state index contributed by atoms with van der Waals surface area (Å²) in [5.41, 5.74) is 5.86. The first-order valence-electron chi connectivity index (χ1n) is 6.91. The first-order chi connectivity index (χ1) is 11.8. The molecular weight excluding hydrogens is 394 g/mol. The standard InChI is InChI=1S/C16H10BrN3O5/c17-8-3-1-7(2-4-12(22)23)10(5-8)20-11(21)6-9-13(14(20)18)16(25)19-15(9)24/h1-6H,18H2,(H,22,23)(H,19,24,25). The average Bonchev–Trinajstić information content (AvgIpc) is 2.80. The van der Waals surface area contributed by atoms with Crippen molar-refractivity contribution in [2.75, 3.05) is 5.73 Å². The number of nitrogens with two attached hydrogens (primary N) is 1. The minimum Gasteiger partial charge on any atom is -0.478 e. The molecule has 0 radical (unpaired) electrons. The van der Waals surface area contributed by atoms with Crippen molar-refractivity contribution in [1.29, 1.82) is 0 Å². The molecule has 9 heteroatoms. The van der Waals surface area contributed by atoms with Crippen LogP contribution < -0.4 is 16.6 Å². The smallest absolute Gasteiger partial charge is 0.328 e. The summed E-state index contributed by atoms with van der Waals surface area (Å²) in [5.74, 6) is -2.73. The number of amides is 2. The van der Waals surface area contributed by atoms with Crippen molar-refractivity contribution in [3.05, 3.63) is 61.9 Å². The number of carbonyl (C=O) groups excluding carboxylic acids is 2. The largest absolute Gasteiger partial charge is 0.478 e. The fourth-order valence-electron chi connectivity index (χ4n) is 2.54. The van der Waals surface area contributed by atoms with Gasteiger partial charge in [-0.3, -0.25) is 24.3 Å². The van der Waals surface area contributed by atoms with Gasteiger partial charge >= 0.3 is 5.97 Å². The molecule has 1 aromatic carbocycles. The normalized spacial score (nSPS) is 13.2. The zero-order valence-electron chi connectivity index (χ0n) is 12.4. The van der Waals surface area contributed by atoms with E-state index in [1.165, 1.54) is 6.08 Å². The predicted octanol–water partition coefficient (Wildman–Crippen LogP) is 1.16. The number of hydrogen-bond acceptors (Lipinski definition) is 5. The summed E-state index contributed by atoms with van der Waals surface area (Å²) < 4.78 is 1.67. The van der Waals surface area contributed by atoms with Crippen LogP contribution in [0, 0.1) is 0 Å². The van der Waals surface area contributed by atoms with Gasteiger partial charge in [-0.05, 0) is 23.8 Å². The fourth-order valence-corrected chi connectivity index (χ4v) is 2.89. The number of carboxylic acid groups (broad SMARTS) is 1. The molecule has 1 aliphatic heterocycles. The second-order valence-corrected chi connectivity index (χ2v) is 6.07. The van der Waals surface area contributed by atoms with Crippen LogP contribution in [0.15, 0.2) is 39.6 Å². The molecule has 1 aromatic heterocycles. The third-order valence-electron chi connectivity index (χ3n) is 3.59. The van der Waals surface area contributed by atoms with Crippen LogP contribution in [0.25, 0.3) is 11.8 Å². The quantitative estimate of drug-likeness (QED) is 0.520. The Kier molecular flexibility index (Phi) is 4.01. The van der Waals surface area contributed by atoms with Gasteiger partial charge in [-0.15, -0.1) is 0 Å². The van der Waals surface area contributed by atoms with Crippen LogP contribution in [-0.4, -0.2) is 27.5 Å². The number of anilines is 1. The molecule has 1 aliphatic rings. The number of nitrogens with one attached hydrogen (secondary N) is 1. The van der Waals surface area contributed by atoms with E-state index in [4.69, 9.17) is 10.8 Å². The lowest BCUT2D eigenvalue weighted by Crippen LogP contribution is -2.24. The third-order valence-corrected chi connectivity index (χ3v) is 4.09. The average molecular weight is 404 g/mol. The zero-order chi connectivity index (χ0) is 18.3. The van der Waals surface area contributed by atoms with Crippen molar-refractivity contribution in [2.24, 2.45) is 0 Å². The molecule has 126 valence electrons. The predicted molar refractivity (Wildman–Crippen MR) is 92.6 cm³/mol. The number of pyridine rings is 1. The van der Waals surface area contributed by atoms with Gasteiger partial charge in [-0.1, -0.05) is 22.0 Å². The second-order valence-electron chi connectivity index (χ2n) is 5.15. The van der Waals surface area contributed by atoms with Crippen LogP contribution in [-0.2, 0) is 4.79 Å². The first kappa shape index (κ1) is 16.7. The van der Waals surface area contributed by atoms with Gasteiger partial charge in [-0.25, -0.2) is 4.79 Å². The SMILES string of the molecule is Nc1c2c(cc(=O)n1-c1cc(Br)ccc1C=CC(=O)O)C(=O)NC2=O. The van der Waals surface area contributed by atoms with Gasteiger partial charge < -0.3 is 10.8 Å². The maximum Gasteiger partial charge on any atom is 0.328 e. The first-order valence-corrected chi connectivity index (χ1v) is 7.71. The summed E-state index contributed by atoms with van der Waals surface area (Å²) >= 11 is 3.28. The van der Waals surface area contributed by atoms with Crippen LogP contribution in [0.2, 0.25) is 0 Å². The maximum atomic E-state index is 12.5. The minimum absolute atomic E-state index is 0.0821. The Bertz CT molecular complexity index is 1040. The molecule has 0 fully saturated rings. The lowest BCUT2D eigenvalue weighted by molar-refractivity contribution is -0.131. The minimum atomic E-state index is -1.16. The van der Waals surface area contributed by atoms with Gasteiger partial charge in [-0.2, -0.15) is 0 Å². The van der Waals surface area contributed by atoms with E-state index in [1.807, 2.05) is 0 Å². The van der Waals surface area contributed by atoms with Crippen molar-refractivity contribution in [3.63, 3.8) is 0 Å². The van der Waals surface area contributed by atoms with Crippen LogP contribution in [0.5, 0.6) is 0 Å². The Morgan fingerprint density at radius 2 is 1.92 bits per heavy atom. The highest BCUT2D eigenvalue weighted by Gasteiger charge is 2.32. The number of imide groups is 1. The number of aliphatic carboxylic acids is 1. The molecule has 0 atom stereocenters. The number of aromatic nitrogens is 1. The zero-order valence-corrected chi connectivity index (χ0v) is 14.0. The van der Waals surface area contributed by atoms with Crippen molar-refractivity contribution in [2.45, 2.75) is 0 Å². The molecule has 0 saturated heterocycles. The highest BCUT2D eigenvalue weighted by molar-refractivity contribution is 9.10. The number of nitrogen functional groups attached to an aromatic ring is 1. The topological polar surface area (TPSA) is 131 Å². The van der Waals surface area contributed by atoms with E-state index < -0.39 is 23.3 Å². The number of halogens is 1. The van der Waals surface area contributed by atoms with E-state index in [1.54, 1.807) is 18.2 Å². The van der Waals surface area contributed by atoms with Gasteiger partial charge in [0.1, 0.15) is 5.82 Å². The molecule has 8 nitrogen and oxygen atoms in total. The summed E-state index contributed by atoms with van der Waals surface area (Å²) in [4.78, 5) is 46.9. The van der Waals surface area contributed by atoms with Crippen LogP contribution in [0.3, 0.4) is 0 Å². The van der Waals surface area contributed by atoms with Crippen molar-refractivity contribution >= 4 is 45.6 Å². The molecule has 4 N–H and O–H groups in total. The molecule has 0 unspecified atom stereocenters. The van der Waals surface area contributed by atoms with Crippen LogP contribution >= 0.6 is 15.9 Å². The third kappa shape index (κ3) is 2.85. The maximum absolute atomic E-state index is 12.5. The van der Waals surface area contributed by atoms with Gasteiger partial charge in [0.05, 0.1) is 16.8 Å². The Balaban J connectivity index is 2.32. The highest BCUT2D eigenvalue weighted by atomic mass is 79.9. The number of benzene rings is 1. The van der Waals surface area contributed by atoms with Gasteiger partial charge in [0.25, 0.3) is 17.4 Å². The molecule has 25 heavy (non-hydrogen) atoms. The van der Waals surface area contributed by atoms with Gasteiger partial charge in [0.15, 0.2) is 0 Å². The number of carboxylic acids is 1. The Morgan fingerprint density at radius 3 is 2.60 bits per heavy atom. The van der Waals surface area contributed by atoms with E-state index in [0.29, 0.717) is 10.0 Å². The van der Waals surface area contributed by atoms with Gasteiger partial charge in [0.2, 0.25) is 0 Å². The van der Waals surface area contributed by atoms with Crippen LogP contribution in [0.1, 0.15) is 26.3 Å². The van der Waals surface area contributed by atoms with E-state index in [0.717, 1.165) is 16.7 Å². The summed E-state index contributed by atoms with van der Waals surface area (Å²) in [6.45, 7) is 0. The van der Waals surface area contributed by atoms with E-state index in [2.05, 4.69) is 21.2 Å². The monoisotopic (exact) mass is 403 g/mol. The molecule has 3 rings (SSSR count). The highest BCUT2D eigenvalue weighted by Crippen LogP contribution is 2.27. The Morgan fingerprint density at radius 1 is 1.20 bits per heavy atom. The molecule has 2 aromatic rings. The summed E-state index contributed by atoms with van der Waals surface area (Å²) in [6, 6.07) is 5.83. The second kappa shape index (κ2) is 6.02.